The number of hydrogen-bond donors (Lipinski definition) is 2. The lowest BCUT2D eigenvalue weighted by Crippen LogP contribution is -2.26. The maximum absolute atomic E-state index is 8.57. The first kappa shape index (κ1) is 29.8. The highest BCUT2D eigenvalue weighted by Crippen LogP contribution is 2.24. The average molecular weight is 591 g/mol. The third-order valence-corrected chi connectivity index (χ3v) is 6.80. The molecule has 5 rings (SSSR count). The molecule has 2 aromatic heterocycles. The molecule has 224 valence electrons. The molecule has 2 heterocycles. The number of nitrogens with one attached hydrogen (secondary N) is 2. The van der Waals surface area contributed by atoms with E-state index < -0.39 is 0 Å². The predicted octanol–water partition coefficient (Wildman–Crippen LogP) is 6.01. The van der Waals surface area contributed by atoms with Gasteiger partial charge in [0.2, 0.25) is 11.8 Å². The minimum absolute atomic E-state index is 0.268. The van der Waals surface area contributed by atoms with E-state index in [-0.39, 0.29) is 5.84 Å². The third kappa shape index (κ3) is 8.01. The van der Waals surface area contributed by atoms with Gasteiger partial charge in [-0.15, -0.1) is 0 Å². The summed E-state index contributed by atoms with van der Waals surface area (Å²) in [5, 5.41) is 11.7. The Balaban J connectivity index is 1.25. The number of amidine groups is 1. The summed E-state index contributed by atoms with van der Waals surface area (Å²) in [7, 11) is 4.90. The highest BCUT2D eigenvalue weighted by molar-refractivity contribution is 5.96. The summed E-state index contributed by atoms with van der Waals surface area (Å²) in [6, 6.07) is 28.5. The zero-order valence-electron chi connectivity index (χ0n) is 24.9. The van der Waals surface area contributed by atoms with Crippen molar-refractivity contribution in [3.63, 3.8) is 0 Å². The second-order valence-electron chi connectivity index (χ2n) is 9.79. The van der Waals surface area contributed by atoms with E-state index in [0.29, 0.717) is 48.5 Å². The lowest BCUT2D eigenvalue weighted by molar-refractivity contribution is 0.405. The molecule has 10 heteroatoms. The van der Waals surface area contributed by atoms with Gasteiger partial charge in [-0.05, 0) is 71.8 Å². The number of methoxy groups -OCH3 is 3. The van der Waals surface area contributed by atoms with E-state index in [4.69, 9.17) is 29.3 Å². The first-order valence-corrected chi connectivity index (χ1v) is 14.0. The van der Waals surface area contributed by atoms with Gasteiger partial charge in [-0.2, -0.15) is 0 Å². The lowest BCUT2D eigenvalue weighted by atomic mass is 10.1. The summed E-state index contributed by atoms with van der Waals surface area (Å²) in [6.45, 7) is 1.56. The Morgan fingerprint density at radius 2 is 1.25 bits per heavy atom. The molecule has 44 heavy (non-hydrogen) atoms. The third-order valence-electron chi connectivity index (χ3n) is 6.80. The molecule has 0 atom stereocenters. The van der Waals surface area contributed by atoms with Crippen molar-refractivity contribution in [2.45, 2.75) is 19.6 Å². The molecular weight excluding hydrogens is 556 g/mol. The van der Waals surface area contributed by atoms with Gasteiger partial charge in [-0.3, -0.25) is 5.41 Å². The summed E-state index contributed by atoms with van der Waals surface area (Å²) in [5.74, 6) is 4.17. The monoisotopic (exact) mass is 590 g/mol. The van der Waals surface area contributed by atoms with Gasteiger partial charge in [-0.25, -0.2) is 15.0 Å². The van der Waals surface area contributed by atoms with Crippen LogP contribution in [0.15, 0.2) is 103 Å². The van der Waals surface area contributed by atoms with E-state index in [9.17, 15) is 0 Å². The minimum atomic E-state index is 0.268. The maximum Gasteiger partial charge on any atom is 0.226 e. The second kappa shape index (κ2) is 14.5. The van der Waals surface area contributed by atoms with Gasteiger partial charge in [0.1, 0.15) is 28.8 Å². The number of benzene rings is 3. The molecule has 0 saturated heterocycles. The molecule has 3 aromatic carbocycles. The number of hydrogen-bond acceptors (Lipinski definition) is 9. The SMILES string of the molecule is COc1ccc(CN(Cc2ccc(OC)cc2)c2nccc(CNC(=N)c3ccc(Oc4cc(OC)ccn4)cc3)n2)cc1. The van der Waals surface area contributed by atoms with E-state index in [2.05, 4.69) is 20.2 Å². The molecule has 0 aliphatic rings. The van der Waals surface area contributed by atoms with Crippen LogP contribution in [0.4, 0.5) is 5.95 Å². The Labute approximate surface area is 256 Å². The molecule has 0 amide bonds. The molecule has 10 nitrogen and oxygen atoms in total. The normalized spacial score (nSPS) is 10.5. The highest BCUT2D eigenvalue weighted by atomic mass is 16.5. The Kier molecular flexibility index (Phi) is 9.83. The summed E-state index contributed by atoms with van der Waals surface area (Å²) < 4.78 is 21.7. The van der Waals surface area contributed by atoms with Crippen LogP contribution in [0.3, 0.4) is 0 Å². The van der Waals surface area contributed by atoms with Crippen LogP contribution in [0.1, 0.15) is 22.4 Å². The first-order valence-electron chi connectivity index (χ1n) is 14.0. The van der Waals surface area contributed by atoms with Gasteiger partial charge in [0.05, 0.1) is 33.6 Å². The zero-order chi connectivity index (χ0) is 30.7. The van der Waals surface area contributed by atoms with E-state index in [1.54, 1.807) is 58.0 Å². The quantitative estimate of drug-likeness (QED) is 0.126. The molecule has 0 aliphatic carbocycles. The lowest BCUT2D eigenvalue weighted by Gasteiger charge is -2.23. The molecule has 0 fully saturated rings. The number of nitrogens with zero attached hydrogens (tertiary/aromatic N) is 4. The number of anilines is 1. The topological polar surface area (TPSA) is 115 Å². The van der Waals surface area contributed by atoms with Crippen LogP contribution in [0.25, 0.3) is 0 Å². The van der Waals surface area contributed by atoms with Crippen molar-refractivity contribution in [2.24, 2.45) is 0 Å². The van der Waals surface area contributed by atoms with Gasteiger partial charge in [0.15, 0.2) is 0 Å². The number of aromatic nitrogens is 3. The first-order chi connectivity index (χ1) is 21.5. The molecule has 0 bridgehead atoms. The minimum Gasteiger partial charge on any atom is -0.497 e. The van der Waals surface area contributed by atoms with Crippen molar-refractivity contribution in [2.75, 3.05) is 26.2 Å². The van der Waals surface area contributed by atoms with Crippen LogP contribution in [0.2, 0.25) is 0 Å². The summed E-state index contributed by atoms with van der Waals surface area (Å²) >= 11 is 0. The van der Waals surface area contributed by atoms with Crippen molar-refractivity contribution in [3.8, 4) is 28.9 Å². The van der Waals surface area contributed by atoms with Crippen molar-refractivity contribution < 1.29 is 18.9 Å². The molecular formula is C34H34N6O4. The molecule has 5 aromatic rings. The van der Waals surface area contributed by atoms with Crippen LogP contribution in [0.5, 0.6) is 28.9 Å². The van der Waals surface area contributed by atoms with E-state index in [1.165, 1.54) is 0 Å². The van der Waals surface area contributed by atoms with Crippen LogP contribution in [-0.4, -0.2) is 42.1 Å². The highest BCUT2D eigenvalue weighted by Gasteiger charge is 2.14. The van der Waals surface area contributed by atoms with Crippen LogP contribution < -0.4 is 29.2 Å². The van der Waals surface area contributed by atoms with E-state index >= 15 is 0 Å². The second-order valence-corrected chi connectivity index (χ2v) is 9.79. The van der Waals surface area contributed by atoms with Gasteiger partial charge in [0, 0.05) is 37.1 Å². The standard InChI is InChI=1S/C34H34N6O4/c1-41-28-10-4-24(5-11-28)22-40(23-25-6-12-29(42-2)13-7-25)34-37-18-16-27(39-34)21-38-33(35)26-8-14-30(15-9-26)44-32-20-31(43-3)17-19-36-32/h4-20H,21-23H2,1-3H3,(H2,35,38). The fourth-order valence-electron chi connectivity index (χ4n) is 4.40. The Hall–Kier alpha value is -5.64. The summed E-state index contributed by atoms with van der Waals surface area (Å²) in [6.07, 6.45) is 3.37. The van der Waals surface area contributed by atoms with Gasteiger partial charge >= 0.3 is 0 Å². The van der Waals surface area contributed by atoms with Crippen molar-refractivity contribution >= 4 is 11.8 Å². The molecule has 0 radical (unpaired) electrons. The Morgan fingerprint density at radius 1 is 0.682 bits per heavy atom. The van der Waals surface area contributed by atoms with Crippen molar-refractivity contribution in [1.29, 1.82) is 5.41 Å². The maximum atomic E-state index is 8.57. The smallest absolute Gasteiger partial charge is 0.226 e. The van der Waals surface area contributed by atoms with Crippen molar-refractivity contribution in [3.05, 3.63) is 126 Å². The van der Waals surface area contributed by atoms with Crippen LogP contribution in [-0.2, 0) is 19.6 Å². The number of ether oxygens (including phenoxy) is 4. The molecule has 0 saturated carbocycles. The Morgan fingerprint density at radius 3 is 1.84 bits per heavy atom. The van der Waals surface area contributed by atoms with Gasteiger partial charge in [-0.1, -0.05) is 24.3 Å². The largest absolute Gasteiger partial charge is 0.497 e. The van der Waals surface area contributed by atoms with Crippen molar-refractivity contribution in [1.82, 2.24) is 20.3 Å². The van der Waals surface area contributed by atoms with Crippen LogP contribution in [0, 0.1) is 5.41 Å². The molecule has 2 N–H and O–H groups in total. The summed E-state index contributed by atoms with van der Waals surface area (Å²) in [4.78, 5) is 15.8. The van der Waals surface area contributed by atoms with Gasteiger partial charge in [0.25, 0.3) is 0 Å². The average Bonchev–Trinajstić information content (AvgIpc) is 3.08. The summed E-state index contributed by atoms with van der Waals surface area (Å²) in [5.41, 5.74) is 3.68. The van der Waals surface area contributed by atoms with Gasteiger partial charge < -0.3 is 29.2 Å². The molecule has 0 unspecified atom stereocenters. The fourth-order valence-corrected chi connectivity index (χ4v) is 4.40. The number of rotatable bonds is 13. The fraction of sp³-hybridized carbons (Fsp3) is 0.176. The molecule has 0 aliphatic heterocycles. The number of pyridine rings is 1. The predicted molar refractivity (Wildman–Crippen MR) is 169 cm³/mol. The van der Waals surface area contributed by atoms with Crippen LogP contribution >= 0.6 is 0 Å². The zero-order valence-corrected chi connectivity index (χ0v) is 24.9. The molecule has 0 spiro atoms. The van der Waals surface area contributed by atoms with E-state index in [0.717, 1.165) is 28.3 Å². The Bertz CT molecular complexity index is 1610. The van der Waals surface area contributed by atoms with E-state index in [1.807, 2.05) is 66.7 Å².